The maximum atomic E-state index is 13.7. The Hall–Kier alpha value is -1.75. The van der Waals surface area contributed by atoms with E-state index in [4.69, 9.17) is 0 Å². The van der Waals surface area contributed by atoms with Crippen molar-refractivity contribution < 1.29 is 8.78 Å². The van der Waals surface area contributed by atoms with Crippen LogP contribution in [0.25, 0.3) is 0 Å². The molecule has 0 radical (unpaired) electrons. The number of imidazole rings is 1. The van der Waals surface area contributed by atoms with Crippen molar-refractivity contribution in [1.82, 2.24) is 15.3 Å². The minimum atomic E-state index is -0.426. The van der Waals surface area contributed by atoms with Gasteiger partial charge in [-0.05, 0) is 43.1 Å². The average molecular weight is 265 g/mol. The third-order valence-corrected chi connectivity index (χ3v) is 2.92. The van der Waals surface area contributed by atoms with E-state index in [1.807, 2.05) is 0 Å². The smallest absolute Gasteiger partial charge is 0.126 e. The van der Waals surface area contributed by atoms with Gasteiger partial charge in [0.05, 0.1) is 6.04 Å². The Kier molecular flexibility index (Phi) is 4.63. The molecule has 1 heterocycles. The third-order valence-electron chi connectivity index (χ3n) is 2.92. The van der Waals surface area contributed by atoms with Crippen molar-refractivity contribution in [1.29, 1.82) is 0 Å². The first-order valence-electron chi connectivity index (χ1n) is 6.37. The molecule has 3 nitrogen and oxygen atoms in total. The lowest BCUT2D eigenvalue weighted by molar-refractivity contribution is 0.492. The molecular formula is C14H17F2N3. The molecule has 0 aliphatic heterocycles. The highest BCUT2D eigenvalue weighted by Crippen LogP contribution is 2.18. The number of hydrogen-bond acceptors (Lipinski definition) is 2. The predicted molar refractivity (Wildman–Crippen MR) is 69.7 cm³/mol. The first-order chi connectivity index (χ1) is 9.20. The maximum absolute atomic E-state index is 13.7. The van der Waals surface area contributed by atoms with Crippen LogP contribution in [-0.2, 0) is 6.42 Å². The molecule has 0 amide bonds. The van der Waals surface area contributed by atoms with Crippen LogP contribution in [0.1, 0.15) is 30.8 Å². The van der Waals surface area contributed by atoms with E-state index in [2.05, 4.69) is 22.2 Å². The second kappa shape index (κ2) is 6.43. The SMILES string of the molecule is CCCNC(Cc1cc(F)ccc1F)c1ncc[nH]1. The van der Waals surface area contributed by atoms with Crippen LogP contribution in [0.2, 0.25) is 0 Å². The highest BCUT2D eigenvalue weighted by molar-refractivity contribution is 5.21. The van der Waals surface area contributed by atoms with Crippen LogP contribution >= 0.6 is 0 Å². The predicted octanol–water partition coefficient (Wildman–Crippen LogP) is 2.97. The zero-order chi connectivity index (χ0) is 13.7. The zero-order valence-corrected chi connectivity index (χ0v) is 10.8. The molecule has 2 rings (SSSR count). The summed E-state index contributed by atoms with van der Waals surface area (Å²) in [5.41, 5.74) is 0.352. The fourth-order valence-electron chi connectivity index (χ4n) is 1.97. The number of hydrogen-bond donors (Lipinski definition) is 2. The van der Waals surface area contributed by atoms with Gasteiger partial charge in [0.25, 0.3) is 0 Å². The Labute approximate surface area is 111 Å². The second-order valence-corrected chi connectivity index (χ2v) is 4.42. The largest absolute Gasteiger partial charge is 0.347 e. The van der Waals surface area contributed by atoms with Gasteiger partial charge < -0.3 is 10.3 Å². The number of halogens is 2. The van der Waals surface area contributed by atoms with Gasteiger partial charge in [-0.3, -0.25) is 0 Å². The minimum Gasteiger partial charge on any atom is -0.347 e. The molecule has 2 N–H and O–H groups in total. The average Bonchev–Trinajstić information content (AvgIpc) is 2.92. The summed E-state index contributed by atoms with van der Waals surface area (Å²) in [6, 6.07) is 3.37. The van der Waals surface area contributed by atoms with Gasteiger partial charge in [-0.15, -0.1) is 0 Å². The molecule has 1 aromatic heterocycles. The molecule has 2 aromatic rings. The fourth-order valence-corrected chi connectivity index (χ4v) is 1.97. The standard InChI is InChI=1S/C14H17F2N3/c1-2-5-17-13(14-18-6-7-19-14)9-10-8-11(15)3-4-12(10)16/h3-4,6-8,13,17H,2,5,9H2,1H3,(H,18,19). The Morgan fingerprint density at radius 1 is 1.37 bits per heavy atom. The van der Waals surface area contributed by atoms with Crippen molar-refractivity contribution in [3.8, 4) is 0 Å². The van der Waals surface area contributed by atoms with E-state index in [9.17, 15) is 8.78 Å². The molecule has 0 spiro atoms. The van der Waals surface area contributed by atoms with Crippen LogP contribution in [0.15, 0.2) is 30.6 Å². The van der Waals surface area contributed by atoms with Crippen LogP contribution in [0.5, 0.6) is 0 Å². The van der Waals surface area contributed by atoms with Gasteiger partial charge in [-0.2, -0.15) is 0 Å². The van der Waals surface area contributed by atoms with Crippen molar-refractivity contribution in [3.63, 3.8) is 0 Å². The van der Waals surface area contributed by atoms with E-state index >= 15 is 0 Å². The number of H-pyrrole nitrogens is 1. The monoisotopic (exact) mass is 265 g/mol. The molecule has 0 bridgehead atoms. The van der Waals surface area contributed by atoms with Gasteiger partial charge in [-0.25, -0.2) is 13.8 Å². The molecule has 0 aliphatic carbocycles. The van der Waals surface area contributed by atoms with Crippen LogP contribution in [0.3, 0.4) is 0 Å². The molecule has 0 fully saturated rings. The fraction of sp³-hybridized carbons (Fsp3) is 0.357. The number of aromatic amines is 1. The normalized spacial score (nSPS) is 12.6. The molecule has 0 saturated heterocycles. The van der Waals surface area contributed by atoms with E-state index in [0.29, 0.717) is 12.0 Å². The molecule has 1 atom stereocenters. The molecule has 1 unspecified atom stereocenters. The van der Waals surface area contributed by atoms with Gasteiger partial charge >= 0.3 is 0 Å². The summed E-state index contributed by atoms with van der Waals surface area (Å²) in [6.45, 7) is 2.84. The summed E-state index contributed by atoms with van der Waals surface area (Å²) in [7, 11) is 0. The molecule has 19 heavy (non-hydrogen) atoms. The summed E-state index contributed by atoms with van der Waals surface area (Å²) in [5.74, 6) is -0.0848. The summed E-state index contributed by atoms with van der Waals surface area (Å²) in [5, 5.41) is 3.28. The first kappa shape index (κ1) is 13.7. The summed E-state index contributed by atoms with van der Waals surface area (Å²) in [4.78, 5) is 7.19. The number of aromatic nitrogens is 2. The number of benzene rings is 1. The van der Waals surface area contributed by atoms with Gasteiger partial charge in [-0.1, -0.05) is 6.92 Å². The van der Waals surface area contributed by atoms with Gasteiger partial charge in [0.15, 0.2) is 0 Å². The van der Waals surface area contributed by atoms with Gasteiger partial charge in [0.1, 0.15) is 17.5 Å². The van der Waals surface area contributed by atoms with Crippen LogP contribution < -0.4 is 5.32 Å². The van der Waals surface area contributed by atoms with Crippen LogP contribution in [0, 0.1) is 11.6 Å². The van der Waals surface area contributed by atoms with E-state index in [0.717, 1.165) is 30.9 Å². The number of nitrogens with zero attached hydrogens (tertiary/aromatic N) is 1. The molecule has 102 valence electrons. The molecule has 0 saturated carbocycles. The lowest BCUT2D eigenvalue weighted by Gasteiger charge is -2.16. The van der Waals surface area contributed by atoms with Crippen molar-refractivity contribution in [2.75, 3.05) is 6.54 Å². The first-order valence-corrected chi connectivity index (χ1v) is 6.37. The minimum absolute atomic E-state index is 0.147. The Morgan fingerprint density at radius 3 is 2.89 bits per heavy atom. The van der Waals surface area contributed by atoms with E-state index in [1.54, 1.807) is 12.4 Å². The van der Waals surface area contributed by atoms with E-state index in [-0.39, 0.29) is 6.04 Å². The number of nitrogens with one attached hydrogen (secondary N) is 2. The molecule has 5 heteroatoms. The third kappa shape index (κ3) is 3.61. The highest BCUT2D eigenvalue weighted by Gasteiger charge is 2.16. The topological polar surface area (TPSA) is 40.7 Å². The zero-order valence-electron chi connectivity index (χ0n) is 10.8. The summed E-state index contributed by atoms with van der Waals surface area (Å²) < 4.78 is 26.9. The lowest BCUT2D eigenvalue weighted by Crippen LogP contribution is -2.25. The highest BCUT2D eigenvalue weighted by atomic mass is 19.1. The summed E-state index contributed by atoms with van der Waals surface area (Å²) in [6.07, 6.45) is 4.69. The van der Waals surface area contributed by atoms with Gasteiger partial charge in [0, 0.05) is 12.4 Å². The van der Waals surface area contributed by atoms with Crippen molar-refractivity contribution >= 4 is 0 Å². The van der Waals surface area contributed by atoms with Gasteiger partial charge in [0.2, 0.25) is 0 Å². The molecular weight excluding hydrogens is 248 g/mol. The molecule has 0 aliphatic rings. The van der Waals surface area contributed by atoms with Crippen LogP contribution in [0.4, 0.5) is 8.78 Å². The Morgan fingerprint density at radius 2 is 2.21 bits per heavy atom. The van der Waals surface area contributed by atoms with Crippen molar-refractivity contribution in [3.05, 3.63) is 53.6 Å². The van der Waals surface area contributed by atoms with Crippen molar-refractivity contribution in [2.45, 2.75) is 25.8 Å². The Bertz CT molecular complexity index is 511. The van der Waals surface area contributed by atoms with Crippen LogP contribution in [-0.4, -0.2) is 16.5 Å². The van der Waals surface area contributed by atoms with E-state index < -0.39 is 11.6 Å². The Balaban J connectivity index is 2.17. The summed E-state index contributed by atoms with van der Waals surface area (Å²) >= 11 is 0. The quantitative estimate of drug-likeness (QED) is 0.843. The lowest BCUT2D eigenvalue weighted by atomic mass is 10.0. The number of rotatable bonds is 6. The maximum Gasteiger partial charge on any atom is 0.126 e. The molecule has 1 aromatic carbocycles. The van der Waals surface area contributed by atoms with E-state index in [1.165, 1.54) is 6.07 Å². The van der Waals surface area contributed by atoms with Crippen molar-refractivity contribution in [2.24, 2.45) is 0 Å². The second-order valence-electron chi connectivity index (χ2n) is 4.42.